The van der Waals surface area contributed by atoms with Crippen LogP contribution in [0.5, 0.6) is 0 Å². The minimum absolute atomic E-state index is 0.105. The fourth-order valence-electron chi connectivity index (χ4n) is 5.70. The van der Waals surface area contributed by atoms with Gasteiger partial charge in [0.1, 0.15) is 23.8 Å². The van der Waals surface area contributed by atoms with Gasteiger partial charge in [-0.05, 0) is 56.5 Å². The van der Waals surface area contributed by atoms with Crippen LogP contribution < -0.4 is 10.6 Å². The van der Waals surface area contributed by atoms with E-state index in [-0.39, 0.29) is 11.5 Å². The molecule has 0 bridgehead atoms. The lowest BCUT2D eigenvalue weighted by molar-refractivity contribution is 0.0524. The number of nitrogens with zero attached hydrogens (tertiary/aromatic N) is 6. The summed E-state index contributed by atoms with van der Waals surface area (Å²) in [6, 6.07) is 6.87. The van der Waals surface area contributed by atoms with Crippen LogP contribution in [0.2, 0.25) is 0 Å². The first-order valence-electron chi connectivity index (χ1n) is 13.8. The average molecular weight is 534 g/mol. The second-order valence-corrected chi connectivity index (χ2v) is 10.5. The Bertz CT molecular complexity index is 1300. The SMILES string of the molecule is C=Cc1ccc(-c2cn(CCN3CCCCC3)c(C3CCN(c4cc(N)ncn4)CC3)n2)cc1C(F)(F)C=C. The minimum atomic E-state index is -3.16. The Morgan fingerprint density at radius 1 is 1.00 bits per heavy atom. The number of hydrogen-bond acceptors (Lipinski definition) is 6. The Balaban J connectivity index is 1.42. The molecule has 2 aliphatic heterocycles. The number of nitrogens with two attached hydrogens (primary N) is 1. The molecule has 0 aliphatic carbocycles. The van der Waals surface area contributed by atoms with Gasteiger partial charge in [-0.25, -0.2) is 15.0 Å². The third-order valence-electron chi connectivity index (χ3n) is 7.96. The van der Waals surface area contributed by atoms with Gasteiger partial charge >= 0.3 is 0 Å². The maximum absolute atomic E-state index is 14.7. The van der Waals surface area contributed by atoms with Gasteiger partial charge in [-0.3, -0.25) is 0 Å². The molecule has 2 fully saturated rings. The van der Waals surface area contributed by atoms with Gasteiger partial charge in [-0.1, -0.05) is 37.8 Å². The predicted molar refractivity (Wildman–Crippen MR) is 153 cm³/mol. The number of anilines is 2. The number of imidazole rings is 1. The quantitative estimate of drug-likeness (QED) is 0.355. The second-order valence-electron chi connectivity index (χ2n) is 10.5. The molecule has 4 heterocycles. The number of likely N-dealkylation sites (tertiary alicyclic amines) is 1. The van der Waals surface area contributed by atoms with Crippen LogP contribution in [0.1, 0.15) is 55.0 Å². The van der Waals surface area contributed by atoms with Crippen molar-refractivity contribution in [3.8, 4) is 11.3 Å². The van der Waals surface area contributed by atoms with E-state index in [0.717, 1.165) is 63.8 Å². The molecule has 206 valence electrons. The number of alkyl halides is 2. The van der Waals surface area contributed by atoms with E-state index in [9.17, 15) is 8.78 Å². The second kappa shape index (κ2) is 11.7. The zero-order valence-corrected chi connectivity index (χ0v) is 22.4. The molecule has 0 radical (unpaired) electrons. The van der Waals surface area contributed by atoms with E-state index in [1.807, 2.05) is 18.3 Å². The van der Waals surface area contributed by atoms with E-state index in [0.29, 0.717) is 28.7 Å². The largest absolute Gasteiger partial charge is 0.384 e. The molecule has 0 spiro atoms. The maximum atomic E-state index is 14.7. The molecule has 0 unspecified atom stereocenters. The van der Waals surface area contributed by atoms with E-state index < -0.39 is 5.92 Å². The van der Waals surface area contributed by atoms with Gasteiger partial charge in [-0.15, -0.1) is 0 Å². The summed E-state index contributed by atoms with van der Waals surface area (Å²) in [5.41, 5.74) is 7.54. The smallest absolute Gasteiger partial charge is 0.292 e. The lowest BCUT2D eigenvalue weighted by atomic mass is 9.95. The van der Waals surface area contributed by atoms with E-state index >= 15 is 0 Å². The van der Waals surface area contributed by atoms with Crippen molar-refractivity contribution < 1.29 is 8.78 Å². The standard InChI is InChI=1S/C30H37F2N7/c1-3-22-8-9-24(18-25(22)30(31,32)4-2)26-20-39(17-16-37-12-6-5-7-13-37)29(36-26)23-10-14-38(15-11-23)28-19-27(33)34-21-35-28/h3-4,8-9,18-21,23H,1-2,5-7,10-17H2,(H2,33,34,35). The molecule has 1 aromatic carbocycles. The van der Waals surface area contributed by atoms with E-state index in [4.69, 9.17) is 10.7 Å². The highest BCUT2D eigenvalue weighted by Crippen LogP contribution is 2.36. The molecule has 2 N–H and O–H groups in total. The monoisotopic (exact) mass is 533 g/mol. The number of piperidine rings is 2. The molecule has 39 heavy (non-hydrogen) atoms. The molecule has 0 amide bonds. The van der Waals surface area contributed by atoms with Crippen LogP contribution in [0, 0.1) is 0 Å². The van der Waals surface area contributed by atoms with E-state index in [1.54, 1.807) is 6.07 Å². The first-order chi connectivity index (χ1) is 18.9. The first-order valence-corrected chi connectivity index (χ1v) is 13.8. The molecule has 9 heteroatoms. The zero-order chi connectivity index (χ0) is 27.4. The minimum Gasteiger partial charge on any atom is -0.384 e. The van der Waals surface area contributed by atoms with Crippen molar-refractivity contribution in [1.29, 1.82) is 0 Å². The first kappa shape index (κ1) is 27.0. The van der Waals surface area contributed by atoms with Crippen molar-refractivity contribution in [2.24, 2.45) is 0 Å². The van der Waals surface area contributed by atoms with Crippen molar-refractivity contribution in [1.82, 2.24) is 24.4 Å². The zero-order valence-electron chi connectivity index (χ0n) is 22.4. The number of hydrogen-bond donors (Lipinski definition) is 1. The van der Waals surface area contributed by atoms with Gasteiger partial charge in [0.25, 0.3) is 5.92 Å². The number of aromatic nitrogens is 4. The van der Waals surface area contributed by atoms with Crippen LogP contribution in [0.25, 0.3) is 17.3 Å². The van der Waals surface area contributed by atoms with Crippen LogP contribution in [0.15, 0.2) is 56.0 Å². The lowest BCUT2D eigenvalue weighted by Gasteiger charge is -2.33. The predicted octanol–water partition coefficient (Wildman–Crippen LogP) is 5.71. The highest BCUT2D eigenvalue weighted by Gasteiger charge is 2.31. The molecule has 2 aromatic heterocycles. The van der Waals surface area contributed by atoms with Crippen LogP contribution in [-0.4, -0.2) is 57.1 Å². The van der Waals surface area contributed by atoms with Gasteiger partial charge in [0.2, 0.25) is 0 Å². The summed E-state index contributed by atoms with van der Waals surface area (Å²) in [5, 5.41) is 0. The molecule has 7 nitrogen and oxygen atoms in total. The van der Waals surface area contributed by atoms with Gasteiger partial charge < -0.3 is 20.1 Å². The van der Waals surface area contributed by atoms with Crippen molar-refractivity contribution in [2.75, 3.05) is 43.4 Å². The van der Waals surface area contributed by atoms with Crippen LogP contribution in [0.3, 0.4) is 0 Å². The van der Waals surface area contributed by atoms with Gasteiger partial charge in [0.15, 0.2) is 0 Å². The summed E-state index contributed by atoms with van der Waals surface area (Å²) in [6.07, 6.45) is 11.3. The third-order valence-corrected chi connectivity index (χ3v) is 7.96. The summed E-state index contributed by atoms with van der Waals surface area (Å²) in [5.74, 6) is -0.570. The van der Waals surface area contributed by atoms with E-state index in [1.165, 1.54) is 37.7 Å². The van der Waals surface area contributed by atoms with Gasteiger partial charge in [0, 0.05) is 55.5 Å². The molecule has 3 aromatic rings. The van der Waals surface area contributed by atoms with Crippen molar-refractivity contribution >= 4 is 17.7 Å². The Morgan fingerprint density at radius 2 is 1.77 bits per heavy atom. The fraction of sp³-hybridized carbons (Fsp3) is 0.433. The topological polar surface area (TPSA) is 76.1 Å². The Morgan fingerprint density at radius 3 is 2.46 bits per heavy atom. The highest BCUT2D eigenvalue weighted by molar-refractivity contribution is 5.66. The number of halogens is 2. The summed E-state index contributed by atoms with van der Waals surface area (Å²) in [7, 11) is 0. The highest BCUT2D eigenvalue weighted by atomic mass is 19.3. The Hall–Kier alpha value is -3.59. The maximum Gasteiger partial charge on any atom is 0.292 e. The molecular formula is C30H37F2N7. The summed E-state index contributed by atoms with van der Waals surface area (Å²) in [4.78, 5) is 18.2. The van der Waals surface area contributed by atoms with Gasteiger partial charge in [-0.2, -0.15) is 8.78 Å². The van der Waals surface area contributed by atoms with Gasteiger partial charge in [0.05, 0.1) is 5.69 Å². The summed E-state index contributed by atoms with van der Waals surface area (Å²) in [6.45, 7) is 12.7. The van der Waals surface area contributed by atoms with Crippen LogP contribution >= 0.6 is 0 Å². The molecule has 5 rings (SSSR count). The average Bonchev–Trinajstić information content (AvgIpc) is 3.40. The summed E-state index contributed by atoms with van der Waals surface area (Å²) < 4.78 is 31.7. The molecule has 0 atom stereocenters. The van der Waals surface area contributed by atoms with Crippen molar-refractivity contribution in [3.63, 3.8) is 0 Å². The number of rotatable bonds is 9. The third kappa shape index (κ3) is 6.03. The van der Waals surface area contributed by atoms with E-state index in [2.05, 4.69) is 37.5 Å². The lowest BCUT2D eigenvalue weighted by Crippen LogP contribution is -2.35. The van der Waals surface area contributed by atoms with Crippen molar-refractivity contribution in [2.45, 2.75) is 50.5 Å². The molecule has 2 aliphatic rings. The number of nitrogen functional groups attached to an aromatic ring is 1. The normalized spacial score (nSPS) is 17.3. The summed E-state index contributed by atoms with van der Waals surface area (Å²) >= 11 is 0. The Labute approximate surface area is 229 Å². The molecular weight excluding hydrogens is 496 g/mol. The van der Waals surface area contributed by atoms with Crippen LogP contribution in [0.4, 0.5) is 20.4 Å². The van der Waals surface area contributed by atoms with Crippen LogP contribution in [-0.2, 0) is 12.5 Å². The Kier molecular flexibility index (Phi) is 8.07. The van der Waals surface area contributed by atoms with Crippen molar-refractivity contribution in [3.05, 3.63) is 73.0 Å². The molecule has 0 saturated carbocycles. The fourth-order valence-corrected chi connectivity index (χ4v) is 5.70. The molecule has 2 saturated heterocycles. The number of allylic oxidation sites excluding steroid dienone is 1. The number of benzene rings is 1.